The lowest BCUT2D eigenvalue weighted by atomic mass is 9.77. The Bertz CT molecular complexity index is 412. The number of amides is 2. The molecule has 1 N–H and O–H groups in total. The van der Waals surface area contributed by atoms with Crippen molar-refractivity contribution >= 4 is 11.8 Å². The monoisotopic (exact) mass is 294 g/mol. The molecule has 3 rings (SSSR count). The minimum atomic E-state index is -0.627. The summed E-state index contributed by atoms with van der Waals surface area (Å²) >= 11 is 0. The number of nitrogens with zero attached hydrogens (tertiary/aromatic N) is 1. The van der Waals surface area contributed by atoms with Crippen LogP contribution in [0.25, 0.3) is 0 Å². The van der Waals surface area contributed by atoms with Crippen LogP contribution in [0.15, 0.2) is 0 Å². The van der Waals surface area contributed by atoms with E-state index in [4.69, 9.17) is 4.74 Å². The lowest BCUT2D eigenvalue weighted by Crippen LogP contribution is -2.72. The first kappa shape index (κ1) is 14.8. The third-order valence-corrected chi connectivity index (χ3v) is 5.27. The zero-order valence-corrected chi connectivity index (χ0v) is 12.9. The van der Waals surface area contributed by atoms with Gasteiger partial charge in [-0.2, -0.15) is 0 Å². The van der Waals surface area contributed by atoms with E-state index in [-0.39, 0.29) is 23.9 Å². The van der Waals surface area contributed by atoms with Crippen molar-refractivity contribution in [1.29, 1.82) is 0 Å². The van der Waals surface area contributed by atoms with Crippen LogP contribution >= 0.6 is 0 Å². The van der Waals surface area contributed by atoms with Crippen molar-refractivity contribution in [2.24, 2.45) is 0 Å². The van der Waals surface area contributed by atoms with Crippen LogP contribution < -0.4 is 5.32 Å². The second-order valence-corrected chi connectivity index (χ2v) is 6.64. The molecule has 3 aliphatic rings. The number of ether oxygens (including phenoxy) is 1. The first-order chi connectivity index (χ1) is 10.2. The van der Waals surface area contributed by atoms with Crippen molar-refractivity contribution in [2.45, 2.75) is 75.9 Å². The molecule has 5 nitrogen and oxygen atoms in total. The molecule has 1 spiro atoms. The molecule has 5 heteroatoms. The van der Waals surface area contributed by atoms with Gasteiger partial charge in [0, 0.05) is 6.61 Å². The summed E-state index contributed by atoms with van der Waals surface area (Å²) in [6, 6.07) is -0.252. The molecule has 1 aliphatic carbocycles. The third kappa shape index (κ3) is 2.56. The molecule has 2 saturated heterocycles. The van der Waals surface area contributed by atoms with Gasteiger partial charge in [-0.1, -0.05) is 26.2 Å². The highest BCUT2D eigenvalue weighted by atomic mass is 16.5. The van der Waals surface area contributed by atoms with Crippen LogP contribution in [0.2, 0.25) is 0 Å². The maximum Gasteiger partial charge on any atom is 0.249 e. The molecule has 2 heterocycles. The van der Waals surface area contributed by atoms with Crippen molar-refractivity contribution in [3.8, 4) is 0 Å². The number of rotatable bonds is 2. The Labute approximate surface area is 126 Å². The first-order valence-electron chi connectivity index (χ1n) is 8.40. The quantitative estimate of drug-likeness (QED) is 0.841. The fourth-order valence-electron chi connectivity index (χ4n) is 4.13. The molecular weight excluding hydrogens is 268 g/mol. The number of carbonyl (C=O) groups is 2. The summed E-state index contributed by atoms with van der Waals surface area (Å²) < 4.78 is 5.56. The maximum absolute atomic E-state index is 13.2. The van der Waals surface area contributed by atoms with E-state index in [9.17, 15) is 9.59 Å². The van der Waals surface area contributed by atoms with Crippen molar-refractivity contribution in [1.82, 2.24) is 10.2 Å². The van der Waals surface area contributed by atoms with Crippen LogP contribution in [0, 0.1) is 0 Å². The molecule has 2 atom stereocenters. The lowest BCUT2D eigenvalue weighted by Gasteiger charge is -2.50. The van der Waals surface area contributed by atoms with Crippen molar-refractivity contribution < 1.29 is 14.3 Å². The predicted molar refractivity (Wildman–Crippen MR) is 78.7 cm³/mol. The molecule has 1 saturated carbocycles. The molecule has 0 bridgehead atoms. The highest BCUT2D eigenvalue weighted by molar-refractivity contribution is 6.00. The summed E-state index contributed by atoms with van der Waals surface area (Å²) in [6.07, 6.45) is 7.38. The molecule has 118 valence electrons. The van der Waals surface area contributed by atoms with Gasteiger partial charge in [0.05, 0.1) is 12.6 Å². The number of carbonyl (C=O) groups excluding carboxylic acids is 2. The Balaban J connectivity index is 1.88. The van der Waals surface area contributed by atoms with Gasteiger partial charge in [0.25, 0.3) is 0 Å². The van der Waals surface area contributed by atoms with Gasteiger partial charge >= 0.3 is 0 Å². The van der Waals surface area contributed by atoms with E-state index in [1.165, 1.54) is 0 Å². The van der Waals surface area contributed by atoms with Gasteiger partial charge in [0.15, 0.2) is 0 Å². The number of hydrogen-bond acceptors (Lipinski definition) is 3. The van der Waals surface area contributed by atoms with E-state index in [0.717, 1.165) is 51.6 Å². The second-order valence-electron chi connectivity index (χ2n) is 6.64. The topological polar surface area (TPSA) is 58.6 Å². The van der Waals surface area contributed by atoms with E-state index in [2.05, 4.69) is 5.32 Å². The molecule has 0 aromatic rings. The zero-order chi connectivity index (χ0) is 14.9. The fraction of sp³-hybridized carbons (Fsp3) is 0.875. The molecule has 21 heavy (non-hydrogen) atoms. The van der Waals surface area contributed by atoms with E-state index >= 15 is 0 Å². The summed E-state index contributed by atoms with van der Waals surface area (Å²) in [5, 5.41) is 3.08. The van der Waals surface area contributed by atoms with E-state index < -0.39 is 5.54 Å². The van der Waals surface area contributed by atoms with Gasteiger partial charge in [-0.3, -0.25) is 9.59 Å². The van der Waals surface area contributed by atoms with Gasteiger partial charge in [0.1, 0.15) is 11.6 Å². The molecular formula is C16H26N2O3. The first-order valence-corrected chi connectivity index (χ1v) is 8.40. The second kappa shape index (κ2) is 5.95. The summed E-state index contributed by atoms with van der Waals surface area (Å²) in [7, 11) is 0. The van der Waals surface area contributed by atoms with Gasteiger partial charge in [-0.15, -0.1) is 0 Å². The van der Waals surface area contributed by atoms with Gasteiger partial charge < -0.3 is 15.0 Å². The Kier molecular flexibility index (Phi) is 4.20. The standard InChI is InChI=1S/C16H26N2O3/c1-2-13-14(19)17-16(8-4-3-5-9-16)15(20)18(13)12-7-6-10-21-11-12/h12-13H,2-11H2,1H3,(H,17,19). The Hall–Kier alpha value is -1.10. The minimum Gasteiger partial charge on any atom is -0.379 e. The minimum absolute atomic E-state index is 0.0320. The summed E-state index contributed by atoms with van der Waals surface area (Å²) in [5.41, 5.74) is -0.627. The van der Waals surface area contributed by atoms with Gasteiger partial charge in [0.2, 0.25) is 11.8 Å². The molecule has 2 amide bonds. The van der Waals surface area contributed by atoms with E-state index in [1.54, 1.807) is 0 Å². The number of piperazine rings is 1. The molecule has 3 fully saturated rings. The average molecular weight is 294 g/mol. The van der Waals surface area contributed by atoms with Crippen LogP contribution in [-0.2, 0) is 14.3 Å². The fourth-order valence-corrected chi connectivity index (χ4v) is 4.13. The van der Waals surface area contributed by atoms with Crippen LogP contribution in [0.5, 0.6) is 0 Å². The zero-order valence-electron chi connectivity index (χ0n) is 12.9. The molecule has 0 aromatic heterocycles. The third-order valence-electron chi connectivity index (χ3n) is 5.27. The van der Waals surface area contributed by atoms with Crippen molar-refractivity contribution in [2.75, 3.05) is 13.2 Å². The largest absolute Gasteiger partial charge is 0.379 e. The number of hydrogen-bond donors (Lipinski definition) is 1. The van der Waals surface area contributed by atoms with Crippen LogP contribution in [0.1, 0.15) is 58.3 Å². The summed E-state index contributed by atoms with van der Waals surface area (Å²) in [5.74, 6) is 0.175. The lowest BCUT2D eigenvalue weighted by molar-refractivity contribution is -0.163. The maximum atomic E-state index is 13.2. The average Bonchev–Trinajstić information content (AvgIpc) is 2.52. The molecule has 0 radical (unpaired) electrons. The SMILES string of the molecule is CCC1C(=O)NC2(CCCCC2)C(=O)N1C1CCCOC1. The van der Waals surface area contributed by atoms with Gasteiger partial charge in [-0.25, -0.2) is 0 Å². The van der Waals surface area contributed by atoms with Crippen LogP contribution in [0.4, 0.5) is 0 Å². The van der Waals surface area contributed by atoms with Crippen molar-refractivity contribution in [3.05, 3.63) is 0 Å². The normalized spacial score (nSPS) is 33.1. The highest BCUT2D eigenvalue weighted by Crippen LogP contribution is 2.35. The summed E-state index contributed by atoms with van der Waals surface area (Å²) in [4.78, 5) is 27.6. The van der Waals surface area contributed by atoms with Crippen LogP contribution in [0.3, 0.4) is 0 Å². The Morgan fingerprint density at radius 1 is 1.24 bits per heavy atom. The molecule has 2 aliphatic heterocycles. The van der Waals surface area contributed by atoms with E-state index in [0.29, 0.717) is 13.0 Å². The van der Waals surface area contributed by atoms with Crippen molar-refractivity contribution in [3.63, 3.8) is 0 Å². The Morgan fingerprint density at radius 3 is 2.62 bits per heavy atom. The number of nitrogens with one attached hydrogen (secondary N) is 1. The Morgan fingerprint density at radius 2 is 2.00 bits per heavy atom. The molecule has 0 aromatic carbocycles. The smallest absolute Gasteiger partial charge is 0.249 e. The highest BCUT2D eigenvalue weighted by Gasteiger charge is 2.52. The van der Waals surface area contributed by atoms with Crippen LogP contribution in [-0.4, -0.2) is 47.6 Å². The molecule has 2 unspecified atom stereocenters. The van der Waals surface area contributed by atoms with E-state index in [1.807, 2.05) is 11.8 Å². The van der Waals surface area contributed by atoms with Gasteiger partial charge in [-0.05, 0) is 32.1 Å². The summed E-state index contributed by atoms with van der Waals surface area (Å²) in [6.45, 7) is 3.32. The predicted octanol–water partition coefficient (Wildman–Crippen LogP) is 1.61.